The molecule has 1 aliphatic heterocycles. The van der Waals surface area contributed by atoms with Crippen LogP contribution in [0.2, 0.25) is 0 Å². The van der Waals surface area contributed by atoms with Crippen LogP contribution >= 0.6 is 11.3 Å². The lowest BCUT2D eigenvalue weighted by molar-refractivity contribution is 0.0925. The van der Waals surface area contributed by atoms with Crippen molar-refractivity contribution in [3.05, 3.63) is 57.8 Å². The average molecular weight is 364 g/mol. The summed E-state index contributed by atoms with van der Waals surface area (Å²) < 4.78 is 27.6. The SMILES string of the molecule is O=C(NC[C@H](c1ccsc1)N1CCCCCC1)c1c(F)cccc1F. The molecular weight excluding hydrogens is 342 g/mol. The zero-order valence-corrected chi connectivity index (χ0v) is 14.8. The number of carbonyl (C=O) groups is 1. The summed E-state index contributed by atoms with van der Waals surface area (Å²) in [4.78, 5) is 14.7. The number of benzene rings is 1. The highest BCUT2D eigenvalue weighted by Gasteiger charge is 2.24. The van der Waals surface area contributed by atoms with Crippen LogP contribution in [0.25, 0.3) is 0 Å². The largest absolute Gasteiger partial charge is 0.350 e. The Morgan fingerprint density at radius 2 is 1.80 bits per heavy atom. The highest BCUT2D eigenvalue weighted by molar-refractivity contribution is 7.07. The summed E-state index contributed by atoms with van der Waals surface area (Å²) >= 11 is 1.61. The molecule has 1 aromatic heterocycles. The van der Waals surface area contributed by atoms with Gasteiger partial charge < -0.3 is 5.32 Å². The standard InChI is InChI=1S/C19H22F2N2OS/c20-15-6-5-7-16(21)18(15)19(24)22-12-17(14-8-11-25-13-14)23-9-3-1-2-4-10-23/h5-8,11,13,17H,1-4,9-10,12H2,(H,22,24)/t17-/m1/s1. The summed E-state index contributed by atoms with van der Waals surface area (Å²) in [5, 5.41) is 6.82. The second-order valence-electron chi connectivity index (χ2n) is 6.33. The normalized spacial score (nSPS) is 17.0. The molecule has 6 heteroatoms. The minimum atomic E-state index is -0.834. The van der Waals surface area contributed by atoms with Crippen LogP contribution in [0.4, 0.5) is 8.78 Å². The molecule has 134 valence electrons. The summed E-state index contributed by atoms with van der Waals surface area (Å²) in [6.45, 7) is 2.29. The number of nitrogens with zero attached hydrogens (tertiary/aromatic N) is 1. The van der Waals surface area contributed by atoms with E-state index in [1.54, 1.807) is 11.3 Å². The number of thiophene rings is 1. The van der Waals surface area contributed by atoms with Gasteiger partial charge in [-0.1, -0.05) is 18.9 Å². The van der Waals surface area contributed by atoms with Gasteiger partial charge in [0.15, 0.2) is 0 Å². The van der Waals surface area contributed by atoms with Crippen molar-refractivity contribution >= 4 is 17.2 Å². The van der Waals surface area contributed by atoms with E-state index in [2.05, 4.69) is 21.7 Å². The molecule has 1 saturated heterocycles. The van der Waals surface area contributed by atoms with Gasteiger partial charge in [-0.3, -0.25) is 9.69 Å². The molecule has 1 fully saturated rings. The van der Waals surface area contributed by atoms with Gasteiger partial charge in [-0.15, -0.1) is 0 Å². The molecule has 1 aromatic carbocycles. The van der Waals surface area contributed by atoms with Crippen molar-refractivity contribution in [1.82, 2.24) is 10.2 Å². The van der Waals surface area contributed by atoms with Crippen molar-refractivity contribution < 1.29 is 13.6 Å². The second kappa shape index (κ2) is 8.54. The lowest BCUT2D eigenvalue weighted by Gasteiger charge is -2.30. The van der Waals surface area contributed by atoms with Crippen LogP contribution in [0.1, 0.15) is 47.6 Å². The second-order valence-corrected chi connectivity index (χ2v) is 7.11. The molecule has 0 bridgehead atoms. The van der Waals surface area contributed by atoms with Gasteiger partial charge >= 0.3 is 0 Å². The number of nitrogens with one attached hydrogen (secondary N) is 1. The van der Waals surface area contributed by atoms with Crippen LogP contribution in [0, 0.1) is 11.6 Å². The third-order valence-electron chi connectivity index (χ3n) is 4.66. The molecule has 1 atom stereocenters. The Kier molecular flexibility index (Phi) is 6.15. The minimum Gasteiger partial charge on any atom is -0.350 e. The van der Waals surface area contributed by atoms with E-state index in [1.165, 1.54) is 18.9 Å². The van der Waals surface area contributed by atoms with E-state index in [4.69, 9.17) is 0 Å². The molecule has 0 aliphatic carbocycles. The monoisotopic (exact) mass is 364 g/mol. The molecule has 0 radical (unpaired) electrons. The maximum absolute atomic E-state index is 13.8. The zero-order chi connectivity index (χ0) is 17.6. The van der Waals surface area contributed by atoms with Gasteiger partial charge in [-0.25, -0.2) is 8.78 Å². The summed E-state index contributed by atoms with van der Waals surface area (Å²) in [6.07, 6.45) is 4.71. The Labute approximate surface area is 150 Å². The van der Waals surface area contributed by atoms with Gasteiger partial charge in [-0.2, -0.15) is 11.3 Å². The fourth-order valence-corrected chi connectivity index (χ4v) is 4.03. The van der Waals surface area contributed by atoms with Crippen molar-refractivity contribution in [2.24, 2.45) is 0 Å². The van der Waals surface area contributed by atoms with Crippen molar-refractivity contribution in [2.45, 2.75) is 31.7 Å². The number of hydrogen-bond donors (Lipinski definition) is 1. The van der Waals surface area contributed by atoms with Gasteiger partial charge in [0.25, 0.3) is 5.91 Å². The third kappa shape index (κ3) is 4.44. The lowest BCUT2D eigenvalue weighted by Crippen LogP contribution is -2.39. The molecule has 2 heterocycles. The first kappa shape index (κ1) is 18.0. The highest BCUT2D eigenvalue weighted by atomic mass is 32.1. The van der Waals surface area contributed by atoms with Crippen molar-refractivity contribution in [3.63, 3.8) is 0 Å². The summed E-state index contributed by atoms with van der Waals surface area (Å²) in [7, 11) is 0. The first-order valence-electron chi connectivity index (χ1n) is 8.65. The molecule has 1 N–H and O–H groups in total. The molecular formula is C19H22F2N2OS. The van der Waals surface area contributed by atoms with E-state index in [-0.39, 0.29) is 6.04 Å². The number of amides is 1. The first-order chi connectivity index (χ1) is 12.2. The van der Waals surface area contributed by atoms with Crippen LogP contribution in [0.15, 0.2) is 35.0 Å². The summed E-state index contributed by atoms with van der Waals surface area (Å²) in [5.41, 5.74) is 0.628. The zero-order valence-electron chi connectivity index (χ0n) is 14.0. The maximum atomic E-state index is 13.8. The van der Waals surface area contributed by atoms with E-state index in [9.17, 15) is 13.6 Å². The number of halogens is 2. The summed E-state index contributed by atoms with van der Waals surface area (Å²) in [6, 6.07) is 5.54. The fraction of sp³-hybridized carbons (Fsp3) is 0.421. The topological polar surface area (TPSA) is 32.3 Å². The van der Waals surface area contributed by atoms with E-state index in [0.29, 0.717) is 6.54 Å². The number of rotatable bonds is 5. The van der Waals surface area contributed by atoms with Gasteiger partial charge in [0.2, 0.25) is 0 Å². The lowest BCUT2D eigenvalue weighted by atomic mass is 10.1. The van der Waals surface area contributed by atoms with Crippen LogP contribution < -0.4 is 5.32 Å². The molecule has 3 nitrogen and oxygen atoms in total. The molecule has 0 unspecified atom stereocenters. The minimum absolute atomic E-state index is 0.0307. The van der Waals surface area contributed by atoms with Crippen LogP contribution in [-0.2, 0) is 0 Å². The number of likely N-dealkylation sites (tertiary alicyclic amines) is 1. The quantitative estimate of drug-likeness (QED) is 0.854. The van der Waals surface area contributed by atoms with Crippen molar-refractivity contribution in [3.8, 4) is 0 Å². The fourth-order valence-electron chi connectivity index (χ4n) is 3.32. The van der Waals surface area contributed by atoms with E-state index in [1.807, 2.05) is 5.38 Å². The highest BCUT2D eigenvalue weighted by Crippen LogP contribution is 2.25. The molecule has 1 amide bonds. The van der Waals surface area contributed by atoms with Crippen LogP contribution in [-0.4, -0.2) is 30.4 Å². The predicted molar refractivity (Wildman–Crippen MR) is 95.8 cm³/mol. The first-order valence-corrected chi connectivity index (χ1v) is 9.59. The molecule has 2 aromatic rings. The van der Waals surface area contributed by atoms with Gasteiger partial charge in [-0.05, 0) is 60.5 Å². The summed E-state index contributed by atoms with van der Waals surface area (Å²) in [5.74, 6) is -2.37. The smallest absolute Gasteiger partial charge is 0.257 e. The molecule has 3 rings (SSSR count). The third-order valence-corrected chi connectivity index (χ3v) is 5.36. The van der Waals surface area contributed by atoms with Crippen LogP contribution in [0.3, 0.4) is 0 Å². The molecule has 25 heavy (non-hydrogen) atoms. The van der Waals surface area contributed by atoms with Crippen LogP contribution in [0.5, 0.6) is 0 Å². The molecule has 0 saturated carbocycles. The Balaban J connectivity index is 1.73. The average Bonchev–Trinajstić information content (AvgIpc) is 2.98. The van der Waals surface area contributed by atoms with Crippen molar-refractivity contribution in [1.29, 1.82) is 0 Å². The number of carbonyl (C=O) groups excluding carboxylic acids is 1. The Bertz CT molecular complexity index is 677. The van der Waals surface area contributed by atoms with Crippen molar-refractivity contribution in [2.75, 3.05) is 19.6 Å². The number of hydrogen-bond acceptors (Lipinski definition) is 3. The van der Waals surface area contributed by atoms with Gasteiger partial charge in [0, 0.05) is 6.54 Å². The Morgan fingerprint density at radius 3 is 2.40 bits per heavy atom. The Hall–Kier alpha value is -1.79. The van der Waals surface area contributed by atoms with E-state index >= 15 is 0 Å². The van der Waals surface area contributed by atoms with Gasteiger partial charge in [0.1, 0.15) is 17.2 Å². The van der Waals surface area contributed by atoms with E-state index < -0.39 is 23.1 Å². The maximum Gasteiger partial charge on any atom is 0.257 e. The Morgan fingerprint density at radius 1 is 1.12 bits per heavy atom. The van der Waals surface area contributed by atoms with Gasteiger partial charge in [0.05, 0.1) is 6.04 Å². The molecule has 0 spiro atoms. The predicted octanol–water partition coefficient (Wildman–Crippen LogP) is 4.37. The van der Waals surface area contributed by atoms with E-state index in [0.717, 1.165) is 43.6 Å². The molecule has 1 aliphatic rings.